The van der Waals surface area contributed by atoms with Crippen LogP contribution in [-0.4, -0.2) is 42.2 Å². The lowest BCUT2D eigenvalue weighted by Gasteiger charge is -2.30. The molecule has 29 heavy (non-hydrogen) atoms. The fraction of sp³-hybridized carbons (Fsp3) is 0.333. The third kappa shape index (κ3) is 4.58. The first kappa shape index (κ1) is 21.6. The molecular weight excluding hydrogens is 439 g/mol. The van der Waals surface area contributed by atoms with Gasteiger partial charge in [-0.15, -0.1) is 0 Å². The van der Waals surface area contributed by atoms with E-state index in [0.717, 1.165) is 0 Å². The fourth-order valence-corrected chi connectivity index (χ4v) is 5.13. The number of nitrogens with two attached hydrogens (primary N) is 1. The van der Waals surface area contributed by atoms with Crippen LogP contribution in [0.3, 0.4) is 0 Å². The Bertz CT molecular complexity index is 1060. The normalized spacial score (nSPS) is 16.0. The molecule has 3 rings (SSSR count). The number of primary amides is 1. The Labute approximate surface area is 178 Å². The SMILES string of the molecule is Cn1cc(S(=O)(=O)N2CCC(C(=O)Nc3cc(Cl)ccc3Cl)CC2)cc1C(N)=O. The Hall–Kier alpha value is -2.07. The van der Waals surface area contributed by atoms with Crippen LogP contribution in [-0.2, 0) is 21.9 Å². The molecule has 0 saturated carbocycles. The largest absolute Gasteiger partial charge is 0.364 e. The first-order chi connectivity index (χ1) is 13.6. The van der Waals surface area contributed by atoms with Crippen LogP contribution in [0.25, 0.3) is 0 Å². The van der Waals surface area contributed by atoms with Crippen molar-refractivity contribution in [1.82, 2.24) is 8.87 Å². The Balaban J connectivity index is 1.66. The molecule has 1 saturated heterocycles. The van der Waals surface area contributed by atoms with E-state index in [2.05, 4.69) is 5.32 Å². The predicted molar refractivity (Wildman–Crippen MR) is 111 cm³/mol. The number of benzene rings is 1. The van der Waals surface area contributed by atoms with Gasteiger partial charge in [0.15, 0.2) is 0 Å². The summed E-state index contributed by atoms with van der Waals surface area (Å²) in [6, 6.07) is 6.04. The number of piperidine rings is 1. The van der Waals surface area contributed by atoms with E-state index in [-0.39, 0.29) is 35.5 Å². The number of aromatic nitrogens is 1. The Morgan fingerprint density at radius 1 is 1.17 bits per heavy atom. The van der Waals surface area contributed by atoms with Crippen LogP contribution < -0.4 is 11.1 Å². The second-order valence-corrected chi connectivity index (χ2v) is 9.61. The number of hydrogen-bond donors (Lipinski definition) is 2. The first-order valence-electron chi connectivity index (χ1n) is 8.82. The third-order valence-electron chi connectivity index (χ3n) is 4.88. The summed E-state index contributed by atoms with van der Waals surface area (Å²) in [7, 11) is -2.23. The van der Waals surface area contributed by atoms with E-state index in [4.69, 9.17) is 28.9 Å². The molecule has 0 bridgehead atoms. The second kappa shape index (κ2) is 8.35. The highest BCUT2D eigenvalue weighted by Crippen LogP contribution is 2.29. The van der Waals surface area contributed by atoms with E-state index in [1.807, 2.05) is 0 Å². The summed E-state index contributed by atoms with van der Waals surface area (Å²) in [5.41, 5.74) is 5.78. The van der Waals surface area contributed by atoms with Gasteiger partial charge in [-0.3, -0.25) is 9.59 Å². The van der Waals surface area contributed by atoms with Gasteiger partial charge >= 0.3 is 0 Å². The van der Waals surface area contributed by atoms with Crippen LogP contribution in [0.4, 0.5) is 5.69 Å². The van der Waals surface area contributed by atoms with Crippen LogP contribution in [0.5, 0.6) is 0 Å². The molecular formula is C18H20Cl2N4O4S. The molecule has 1 aliphatic rings. The maximum atomic E-state index is 12.9. The average molecular weight is 459 g/mol. The molecule has 0 aliphatic carbocycles. The van der Waals surface area contributed by atoms with Crippen molar-refractivity contribution < 1.29 is 18.0 Å². The summed E-state index contributed by atoms with van der Waals surface area (Å²) in [5.74, 6) is -1.29. The van der Waals surface area contributed by atoms with Crippen LogP contribution in [0, 0.1) is 5.92 Å². The van der Waals surface area contributed by atoms with Gasteiger partial charge in [0.25, 0.3) is 5.91 Å². The highest BCUT2D eigenvalue weighted by Gasteiger charge is 2.33. The summed E-state index contributed by atoms with van der Waals surface area (Å²) in [4.78, 5) is 23.9. The lowest BCUT2D eigenvalue weighted by Crippen LogP contribution is -2.41. The molecule has 3 N–H and O–H groups in total. The molecule has 1 aromatic carbocycles. The number of amides is 2. The molecule has 0 radical (unpaired) electrons. The van der Waals surface area contributed by atoms with Crippen molar-refractivity contribution in [2.45, 2.75) is 17.7 Å². The van der Waals surface area contributed by atoms with Crippen molar-refractivity contribution in [3.05, 3.63) is 46.2 Å². The molecule has 11 heteroatoms. The lowest BCUT2D eigenvalue weighted by molar-refractivity contribution is -0.120. The highest BCUT2D eigenvalue weighted by molar-refractivity contribution is 7.89. The zero-order chi connectivity index (χ0) is 21.3. The third-order valence-corrected chi connectivity index (χ3v) is 7.31. The van der Waals surface area contributed by atoms with Crippen LogP contribution in [0.2, 0.25) is 10.0 Å². The van der Waals surface area contributed by atoms with Crippen molar-refractivity contribution in [1.29, 1.82) is 0 Å². The first-order valence-corrected chi connectivity index (χ1v) is 11.0. The molecule has 0 spiro atoms. The molecule has 0 atom stereocenters. The Morgan fingerprint density at radius 2 is 1.83 bits per heavy atom. The van der Waals surface area contributed by atoms with Crippen molar-refractivity contribution in [3.8, 4) is 0 Å². The number of carbonyl (C=O) groups is 2. The standard InChI is InChI=1S/C18H20Cl2N4O4S/c1-23-10-13(9-16(23)17(21)25)29(27,28)24-6-4-11(5-7-24)18(26)22-15-8-12(19)2-3-14(15)20/h2-3,8-11H,4-7H2,1H3,(H2,21,25)(H,22,26). The Kier molecular flexibility index (Phi) is 6.23. The summed E-state index contributed by atoms with van der Waals surface area (Å²) >= 11 is 12.0. The van der Waals surface area contributed by atoms with Gasteiger partial charge in [0.1, 0.15) is 10.6 Å². The van der Waals surface area contributed by atoms with Crippen molar-refractivity contribution in [2.75, 3.05) is 18.4 Å². The van der Waals surface area contributed by atoms with Crippen molar-refractivity contribution in [3.63, 3.8) is 0 Å². The monoisotopic (exact) mass is 458 g/mol. The number of nitrogens with one attached hydrogen (secondary N) is 1. The van der Waals surface area contributed by atoms with Gasteiger partial charge < -0.3 is 15.6 Å². The fourth-order valence-electron chi connectivity index (χ4n) is 3.26. The summed E-state index contributed by atoms with van der Waals surface area (Å²) in [6.07, 6.45) is 2.08. The van der Waals surface area contributed by atoms with E-state index in [9.17, 15) is 18.0 Å². The molecule has 0 unspecified atom stereocenters. The smallest absolute Gasteiger partial charge is 0.265 e. The molecule has 1 aromatic heterocycles. The highest BCUT2D eigenvalue weighted by atomic mass is 35.5. The summed E-state index contributed by atoms with van der Waals surface area (Å²) in [5, 5.41) is 3.57. The van der Waals surface area contributed by atoms with E-state index >= 15 is 0 Å². The van der Waals surface area contributed by atoms with E-state index < -0.39 is 15.9 Å². The molecule has 2 aromatic rings. The van der Waals surface area contributed by atoms with Gasteiger partial charge in [0, 0.05) is 37.3 Å². The molecule has 1 fully saturated rings. The van der Waals surface area contributed by atoms with Crippen LogP contribution in [0.1, 0.15) is 23.3 Å². The van der Waals surface area contributed by atoms with Gasteiger partial charge in [0.2, 0.25) is 15.9 Å². The van der Waals surface area contributed by atoms with Crippen LogP contribution in [0.15, 0.2) is 35.4 Å². The minimum atomic E-state index is -3.78. The summed E-state index contributed by atoms with van der Waals surface area (Å²) < 4.78 is 28.4. The maximum absolute atomic E-state index is 12.9. The molecule has 2 amide bonds. The summed E-state index contributed by atoms with van der Waals surface area (Å²) in [6.45, 7) is 0.370. The van der Waals surface area contributed by atoms with Gasteiger partial charge in [0.05, 0.1) is 10.7 Å². The predicted octanol–water partition coefficient (Wildman–Crippen LogP) is 2.47. The lowest BCUT2D eigenvalue weighted by atomic mass is 9.97. The van der Waals surface area contributed by atoms with Gasteiger partial charge in [-0.25, -0.2) is 8.42 Å². The number of anilines is 1. The zero-order valence-electron chi connectivity index (χ0n) is 15.6. The molecule has 156 valence electrons. The average Bonchev–Trinajstić information content (AvgIpc) is 3.07. The van der Waals surface area contributed by atoms with Crippen molar-refractivity contribution >= 4 is 50.7 Å². The van der Waals surface area contributed by atoms with E-state index in [0.29, 0.717) is 28.6 Å². The van der Waals surface area contributed by atoms with E-state index in [1.165, 1.54) is 21.1 Å². The van der Waals surface area contributed by atoms with Gasteiger partial charge in [-0.2, -0.15) is 4.31 Å². The number of aryl methyl sites for hydroxylation is 1. The molecule has 8 nitrogen and oxygen atoms in total. The minimum Gasteiger partial charge on any atom is -0.364 e. The number of hydrogen-bond acceptors (Lipinski definition) is 4. The number of carbonyl (C=O) groups excluding carboxylic acids is 2. The molecule has 2 heterocycles. The number of nitrogens with zero attached hydrogens (tertiary/aromatic N) is 2. The van der Waals surface area contributed by atoms with Crippen LogP contribution >= 0.6 is 23.2 Å². The van der Waals surface area contributed by atoms with Crippen molar-refractivity contribution in [2.24, 2.45) is 18.7 Å². The van der Waals surface area contributed by atoms with Gasteiger partial charge in [-0.05, 0) is 37.1 Å². The quantitative estimate of drug-likeness (QED) is 0.715. The maximum Gasteiger partial charge on any atom is 0.265 e. The topological polar surface area (TPSA) is 114 Å². The number of halogens is 2. The zero-order valence-corrected chi connectivity index (χ0v) is 17.9. The number of sulfonamides is 1. The molecule has 1 aliphatic heterocycles. The number of rotatable bonds is 5. The van der Waals surface area contributed by atoms with Gasteiger partial charge in [-0.1, -0.05) is 23.2 Å². The van der Waals surface area contributed by atoms with E-state index in [1.54, 1.807) is 25.2 Å². The second-order valence-electron chi connectivity index (χ2n) is 6.83. The minimum absolute atomic E-state index is 0.00223. The Morgan fingerprint density at radius 3 is 2.41 bits per heavy atom.